The van der Waals surface area contributed by atoms with Crippen LogP contribution in [0.2, 0.25) is 0 Å². The lowest BCUT2D eigenvalue weighted by Gasteiger charge is -2.32. The summed E-state index contributed by atoms with van der Waals surface area (Å²) in [5.74, 6) is -0.920. The number of hydrogen-bond donors (Lipinski definition) is 2. The first-order valence-electron chi connectivity index (χ1n) is 14.1. The summed E-state index contributed by atoms with van der Waals surface area (Å²) >= 11 is 0. The predicted molar refractivity (Wildman–Crippen MR) is 153 cm³/mol. The Morgan fingerprint density at radius 3 is 2.57 bits per heavy atom. The van der Waals surface area contributed by atoms with Gasteiger partial charge in [-0.05, 0) is 62.4 Å². The molecule has 6 rings (SSSR count). The highest BCUT2D eigenvalue weighted by Crippen LogP contribution is 2.36. The number of nitrogens with zero attached hydrogens (tertiary/aromatic N) is 7. The molecule has 230 valence electrons. The lowest BCUT2D eigenvalue weighted by molar-refractivity contribution is -0.140. The first-order chi connectivity index (χ1) is 21.0. The van der Waals surface area contributed by atoms with E-state index in [0.29, 0.717) is 23.2 Å². The Morgan fingerprint density at radius 1 is 1.16 bits per heavy atom. The number of hydrogen-bond acceptors (Lipinski definition) is 9. The van der Waals surface area contributed by atoms with Crippen molar-refractivity contribution < 1.29 is 22.1 Å². The van der Waals surface area contributed by atoms with Crippen LogP contribution in [0.15, 0.2) is 51.9 Å². The van der Waals surface area contributed by atoms with E-state index in [2.05, 4.69) is 34.9 Å². The summed E-state index contributed by atoms with van der Waals surface area (Å²) in [6.45, 7) is 3.92. The van der Waals surface area contributed by atoms with Gasteiger partial charge in [0.1, 0.15) is 11.3 Å². The van der Waals surface area contributed by atoms with Gasteiger partial charge in [0.2, 0.25) is 17.6 Å². The number of halogens is 4. The third-order valence-corrected chi connectivity index (χ3v) is 8.15. The summed E-state index contributed by atoms with van der Waals surface area (Å²) in [5, 5.41) is 7.20. The Balaban J connectivity index is 1.53. The second-order valence-electron chi connectivity index (χ2n) is 11.0. The quantitative estimate of drug-likeness (QED) is 0.206. The molecule has 4 heterocycles. The highest BCUT2D eigenvalue weighted by Gasteiger charge is 2.34. The van der Waals surface area contributed by atoms with Crippen LogP contribution in [0.5, 0.6) is 0 Å². The fourth-order valence-electron chi connectivity index (χ4n) is 5.31. The molecule has 2 N–H and O–H groups in total. The summed E-state index contributed by atoms with van der Waals surface area (Å²) in [7, 11) is 1.80. The molecular formula is C29H29F4N9O2. The maximum atomic E-state index is 14.7. The van der Waals surface area contributed by atoms with Crippen LogP contribution in [0, 0.1) is 11.7 Å². The fraction of sp³-hybridized carbons (Fsp3) is 0.379. The molecule has 0 bridgehead atoms. The number of anilines is 2. The predicted octanol–water partition coefficient (Wildman–Crippen LogP) is 5.57. The first kappa shape index (κ1) is 29.3. The number of fused-ring (bicyclic) bond motifs is 1. The van der Waals surface area contributed by atoms with Gasteiger partial charge in [0.05, 0.1) is 23.8 Å². The summed E-state index contributed by atoms with van der Waals surface area (Å²) in [6.07, 6.45) is 0.0684. The van der Waals surface area contributed by atoms with Gasteiger partial charge in [-0.15, -0.1) is 0 Å². The Bertz CT molecular complexity index is 1850. The molecule has 0 amide bonds. The van der Waals surface area contributed by atoms with Gasteiger partial charge >= 0.3 is 11.9 Å². The second-order valence-corrected chi connectivity index (χ2v) is 11.0. The van der Waals surface area contributed by atoms with Crippen LogP contribution in [-0.4, -0.2) is 47.7 Å². The Hall–Kier alpha value is -4.82. The molecule has 1 aliphatic rings. The zero-order valence-corrected chi connectivity index (χ0v) is 24.1. The van der Waals surface area contributed by atoms with Crippen molar-refractivity contribution in [2.45, 2.75) is 57.9 Å². The minimum absolute atomic E-state index is 0.00606. The van der Waals surface area contributed by atoms with E-state index in [9.17, 15) is 22.4 Å². The van der Waals surface area contributed by atoms with Crippen LogP contribution in [0.25, 0.3) is 22.8 Å². The van der Waals surface area contributed by atoms with Crippen molar-refractivity contribution in [3.8, 4) is 11.6 Å². The molecule has 0 saturated heterocycles. The van der Waals surface area contributed by atoms with Crippen molar-refractivity contribution >= 4 is 22.9 Å². The molecule has 1 fully saturated rings. The number of H-pyrrole nitrogens is 1. The Kier molecular flexibility index (Phi) is 7.55. The zero-order valence-electron chi connectivity index (χ0n) is 24.1. The van der Waals surface area contributed by atoms with E-state index in [1.54, 1.807) is 23.9 Å². The largest absolute Gasteiger partial charge is 0.439 e. The number of benzene rings is 1. The molecule has 2 atom stereocenters. The SMILES string of the molecule is CC(c1ccccn1)N(C)c1nc2nc(-c3noc(=O)[nH]3)nc(N[C@H](C)C3CCC3)c2n1Cc1ccc(C(F)(F)F)c(F)c1. The molecule has 0 aliphatic heterocycles. The van der Waals surface area contributed by atoms with Gasteiger partial charge in [-0.25, -0.2) is 19.2 Å². The van der Waals surface area contributed by atoms with Crippen LogP contribution in [0.3, 0.4) is 0 Å². The van der Waals surface area contributed by atoms with Crippen molar-refractivity contribution in [1.82, 2.24) is 34.6 Å². The molecule has 1 aliphatic carbocycles. The van der Waals surface area contributed by atoms with Gasteiger partial charge in [-0.1, -0.05) is 23.7 Å². The second kappa shape index (κ2) is 11.4. The van der Waals surface area contributed by atoms with Gasteiger partial charge in [-0.2, -0.15) is 18.2 Å². The van der Waals surface area contributed by atoms with Crippen LogP contribution in [0.1, 0.15) is 56.0 Å². The average molecular weight is 612 g/mol. The van der Waals surface area contributed by atoms with Gasteiger partial charge in [0.15, 0.2) is 11.5 Å². The zero-order chi connectivity index (χ0) is 31.2. The highest BCUT2D eigenvalue weighted by molar-refractivity contribution is 5.87. The van der Waals surface area contributed by atoms with Crippen molar-refractivity contribution in [1.29, 1.82) is 0 Å². The molecule has 1 saturated carbocycles. The number of rotatable bonds is 9. The van der Waals surface area contributed by atoms with E-state index in [0.717, 1.165) is 37.1 Å². The smallest absolute Gasteiger partial charge is 0.365 e. The molecular weight excluding hydrogens is 582 g/mol. The average Bonchev–Trinajstić information content (AvgIpc) is 3.54. The van der Waals surface area contributed by atoms with Crippen LogP contribution >= 0.6 is 0 Å². The van der Waals surface area contributed by atoms with E-state index in [4.69, 9.17) is 4.98 Å². The number of alkyl halides is 3. The topological polar surface area (TPSA) is 131 Å². The maximum absolute atomic E-state index is 14.7. The van der Waals surface area contributed by atoms with Gasteiger partial charge in [0, 0.05) is 19.3 Å². The Morgan fingerprint density at radius 2 is 1.95 bits per heavy atom. The van der Waals surface area contributed by atoms with E-state index < -0.39 is 23.3 Å². The van der Waals surface area contributed by atoms with Gasteiger partial charge in [-0.3, -0.25) is 14.5 Å². The van der Waals surface area contributed by atoms with Crippen LogP contribution < -0.4 is 16.0 Å². The fourth-order valence-corrected chi connectivity index (χ4v) is 5.31. The number of imidazole rings is 1. The molecule has 44 heavy (non-hydrogen) atoms. The number of aromatic nitrogens is 7. The van der Waals surface area contributed by atoms with Crippen LogP contribution in [-0.2, 0) is 12.7 Å². The summed E-state index contributed by atoms with van der Waals surface area (Å²) in [5.41, 5.74) is 0.353. The number of nitrogens with one attached hydrogen (secondary N) is 2. The lowest BCUT2D eigenvalue weighted by atomic mass is 9.80. The molecule has 1 aromatic carbocycles. The molecule has 11 nitrogen and oxygen atoms in total. The third kappa shape index (κ3) is 5.61. The van der Waals surface area contributed by atoms with Crippen molar-refractivity contribution in [3.05, 3.63) is 75.8 Å². The van der Waals surface area contributed by atoms with E-state index >= 15 is 0 Å². The summed E-state index contributed by atoms with van der Waals surface area (Å²) in [6, 6.07) is 8.09. The Labute approximate surface area is 248 Å². The molecule has 0 radical (unpaired) electrons. The minimum Gasteiger partial charge on any atom is -0.365 e. The van der Waals surface area contributed by atoms with Gasteiger partial charge in [0.25, 0.3) is 0 Å². The molecule has 1 unspecified atom stereocenters. The minimum atomic E-state index is -4.82. The molecule has 0 spiro atoms. The molecule has 4 aromatic heterocycles. The maximum Gasteiger partial charge on any atom is 0.439 e. The molecule has 15 heteroatoms. The van der Waals surface area contributed by atoms with E-state index in [1.807, 2.05) is 30.9 Å². The van der Waals surface area contributed by atoms with Crippen molar-refractivity contribution in [2.75, 3.05) is 17.3 Å². The summed E-state index contributed by atoms with van der Waals surface area (Å²) in [4.78, 5) is 34.5. The monoisotopic (exact) mass is 611 g/mol. The summed E-state index contributed by atoms with van der Waals surface area (Å²) < 4.78 is 61.0. The first-order valence-corrected chi connectivity index (χ1v) is 14.1. The number of pyridine rings is 1. The number of aromatic amines is 1. The van der Waals surface area contributed by atoms with E-state index in [-0.39, 0.29) is 41.5 Å². The highest BCUT2D eigenvalue weighted by atomic mass is 19.4. The van der Waals surface area contributed by atoms with E-state index in [1.165, 1.54) is 6.07 Å². The van der Waals surface area contributed by atoms with Crippen molar-refractivity contribution in [2.24, 2.45) is 5.92 Å². The normalized spacial score (nSPS) is 15.2. The lowest BCUT2D eigenvalue weighted by Crippen LogP contribution is -2.31. The van der Waals surface area contributed by atoms with Crippen LogP contribution in [0.4, 0.5) is 29.3 Å². The van der Waals surface area contributed by atoms with Gasteiger partial charge < -0.3 is 14.8 Å². The third-order valence-electron chi connectivity index (χ3n) is 8.15. The molecule has 5 aromatic rings. The standard InChI is InChI=1S/C29H29F4N9O2/c1-15(18-7-6-8-18)35-23-22-24(37-25(36-23)26-39-28(43)44-40-26)38-27(41(3)16(2)21-9-4-5-12-34-21)42(22)14-17-10-11-19(20(30)13-17)29(31,32)33/h4-5,9-13,15-16,18H,6-8,14H2,1-3H3,(H,35,36,37)(H,39,40,43)/t15-,16?/m1/s1. The van der Waals surface area contributed by atoms with Crippen molar-refractivity contribution in [3.63, 3.8) is 0 Å².